The number of alkyl carbamates (subject to hydrolysis) is 1. The summed E-state index contributed by atoms with van der Waals surface area (Å²) in [6, 6.07) is 6.50. The molecule has 0 radical (unpaired) electrons. The van der Waals surface area contributed by atoms with Crippen LogP contribution < -0.4 is 15.4 Å². The normalized spacial score (nSPS) is 12.0. The fraction of sp³-hybridized carbons (Fsp3) is 0.348. The molecule has 0 fully saturated rings. The number of carbonyl (C=O) groups is 3. The molecule has 2 rings (SSSR count). The highest BCUT2D eigenvalue weighted by molar-refractivity contribution is 6.34. The molecule has 0 aromatic heterocycles. The van der Waals surface area contributed by atoms with Gasteiger partial charge in [-0.25, -0.2) is 9.59 Å². The molecule has 12 heteroatoms. The smallest absolute Gasteiger partial charge is 0.408 e. The van der Waals surface area contributed by atoms with Gasteiger partial charge in [0.05, 0.1) is 21.2 Å². The molecule has 0 bridgehead atoms. The Kier molecular flexibility index (Phi) is 9.06. The zero-order chi connectivity index (χ0) is 26.5. The fourth-order valence-electron chi connectivity index (χ4n) is 2.78. The number of benzene rings is 2. The summed E-state index contributed by atoms with van der Waals surface area (Å²) in [5.41, 5.74) is -1.01. The van der Waals surface area contributed by atoms with E-state index in [9.17, 15) is 24.5 Å². The predicted molar refractivity (Wildman–Crippen MR) is 131 cm³/mol. The van der Waals surface area contributed by atoms with Gasteiger partial charge >= 0.3 is 12.1 Å². The van der Waals surface area contributed by atoms with E-state index in [1.807, 2.05) is 0 Å². The fourth-order valence-corrected chi connectivity index (χ4v) is 3.18. The molecule has 2 aromatic rings. The van der Waals surface area contributed by atoms with E-state index in [4.69, 9.17) is 32.7 Å². The summed E-state index contributed by atoms with van der Waals surface area (Å²) in [5.74, 6) is -2.03. The lowest BCUT2D eigenvalue weighted by atomic mass is 10.0. The van der Waals surface area contributed by atoms with Crippen LogP contribution in [-0.4, -0.2) is 34.5 Å². The van der Waals surface area contributed by atoms with Crippen molar-refractivity contribution in [1.82, 2.24) is 5.32 Å². The van der Waals surface area contributed by atoms with Crippen LogP contribution in [0.1, 0.15) is 45.0 Å². The number of nitrogens with zero attached hydrogens (tertiary/aromatic N) is 1. The molecule has 0 spiro atoms. The molecule has 0 saturated carbocycles. The average Bonchev–Trinajstić information content (AvgIpc) is 2.72. The predicted octanol–water partition coefficient (Wildman–Crippen LogP) is 5.61. The van der Waals surface area contributed by atoms with E-state index in [-0.39, 0.29) is 38.7 Å². The van der Waals surface area contributed by atoms with Crippen LogP contribution in [-0.2, 0) is 9.53 Å². The Morgan fingerprint density at radius 2 is 1.71 bits per heavy atom. The van der Waals surface area contributed by atoms with E-state index in [2.05, 4.69) is 10.6 Å². The molecule has 0 saturated heterocycles. The van der Waals surface area contributed by atoms with Gasteiger partial charge in [-0.3, -0.25) is 14.9 Å². The second-order valence-electron chi connectivity index (χ2n) is 8.80. The number of anilines is 1. The minimum absolute atomic E-state index is 0.0606. The highest BCUT2D eigenvalue weighted by atomic mass is 35.5. The molecule has 0 aliphatic carbocycles. The van der Waals surface area contributed by atoms with Crippen molar-refractivity contribution in [2.75, 3.05) is 5.32 Å². The second-order valence-corrected chi connectivity index (χ2v) is 9.65. The van der Waals surface area contributed by atoms with Crippen molar-refractivity contribution in [3.05, 3.63) is 62.1 Å². The molecule has 0 aliphatic heterocycles. The summed E-state index contributed by atoms with van der Waals surface area (Å²) in [6.45, 7) is 8.46. The minimum atomic E-state index is -1.07. The first-order valence-corrected chi connectivity index (χ1v) is 11.2. The number of hydrogen-bond acceptors (Lipinski definition) is 7. The van der Waals surface area contributed by atoms with Crippen LogP contribution in [0.5, 0.6) is 5.75 Å². The quantitative estimate of drug-likeness (QED) is 0.207. The summed E-state index contributed by atoms with van der Waals surface area (Å²) < 4.78 is 10.6. The Bertz CT molecular complexity index is 1150. The Morgan fingerprint density at radius 1 is 1.06 bits per heavy atom. The van der Waals surface area contributed by atoms with Gasteiger partial charge in [0, 0.05) is 17.2 Å². The Balaban J connectivity index is 2.26. The van der Waals surface area contributed by atoms with Crippen LogP contribution in [0.2, 0.25) is 10.0 Å². The molecule has 10 nitrogen and oxygen atoms in total. The van der Waals surface area contributed by atoms with Crippen LogP contribution in [0.15, 0.2) is 36.4 Å². The highest BCUT2D eigenvalue weighted by Gasteiger charge is 2.30. The van der Waals surface area contributed by atoms with E-state index in [1.54, 1.807) is 34.6 Å². The van der Waals surface area contributed by atoms with E-state index < -0.39 is 34.5 Å². The number of nitro benzene ring substituents is 1. The van der Waals surface area contributed by atoms with E-state index in [0.29, 0.717) is 0 Å². The lowest BCUT2D eigenvalue weighted by Gasteiger charge is -2.24. The van der Waals surface area contributed by atoms with Gasteiger partial charge in [0.2, 0.25) is 0 Å². The molecular formula is C23H25Cl2N3O7. The number of amides is 2. The first kappa shape index (κ1) is 27.9. The molecule has 0 aliphatic rings. The summed E-state index contributed by atoms with van der Waals surface area (Å²) in [6.07, 6.45) is -0.796. The zero-order valence-electron chi connectivity index (χ0n) is 19.7. The Morgan fingerprint density at radius 3 is 2.26 bits per heavy atom. The first-order chi connectivity index (χ1) is 16.2. The van der Waals surface area contributed by atoms with Crippen molar-refractivity contribution >= 4 is 52.5 Å². The molecule has 188 valence electrons. The van der Waals surface area contributed by atoms with Crippen LogP contribution in [0, 0.1) is 16.0 Å². The molecular weight excluding hydrogens is 501 g/mol. The Labute approximate surface area is 212 Å². The van der Waals surface area contributed by atoms with Gasteiger partial charge in [0.15, 0.2) is 0 Å². The number of nitrogens with one attached hydrogen (secondary N) is 2. The number of hydrogen-bond donors (Lipinski definition) is 2. The number of non-ortho nitro benzene ring substituents is 1. The minimum Gasteiger partial charge on any atom is -0.444 e. The van der Waals surface area contributed by atoms with Crippen molar-refractivity contribution in [2.45, 2.75) is 46.3 Å². The number of carbonyl (C=O) groups excluding carboxylic acids is 3. The van der Waals surface area contributed by atoms with Crippen LogP contribution >= 0.6 is 23.2 Å². The summed E-state index contributed by atoms with van der Waals surface area (Å²) in [7, 11) is 0. The van der Waals surface area contributed by atoms with Gasteiger partial charge < -0.3 is 20.1 Å². The number of ether oxygens (including phenoxy) is 2. The van der Waals surface area contributed by atoms with Gasteiger partial charge in [-0.1, -0.05) is 37.0 Å². The number of halogens is 2. The maximum absolute atomic E-state index is 12.9. The molecule has 2 aromatic carbocycles. The summed E-state index contributed by atoms with van der Waals surface area (Å²) in [4.78, 5) is 48.3. The van der Waals surface area contributed by atoms with Crippen molar-refractivity contribution in [3.63, 3.8) is 0 Å². The van der Waals surface area contributed by atoms with Gasteiger partial charge in [-0.05, 0) is 51.0 Å². The molecule has 2 amide bonds. The van der Waals surface area contributed by atoms with Gasteiger partial charge in [0.1, 0.15) is 17.4 Å². The number of nitro groups is 1. The molecule has 0 heterocycles. The van der Waals surface area contributed by atoms with Crippen molar-refractivity contribution in [2.24, 2.45) is 5.92 Å². The third-order valence-electron chi connectivity index (χ3n) is 4.40. The van der Waals surface area contributed by atoms with Crippen molar-refractivity contribution < 1.29 is 28.8 Å². The molecule has 35 heavy (non-hydrogen) atoms. The van der Waals surface area contributed by atoms with Crippen molar-refractivity contribution in [3.8, 4) is 5.75 Å². The molecule has 1 atom stereocenters. The SMILES string of the molecule is CC(C)[C@H](NC(=O)OC(C)(C)C)C(=O)Oc1ccc(Cl)cc1C(=O)Nc1ccc([N+](=O)[O-])cc1Cl. The van der Waals surface area contributed by atoms with E-state index >= 15 is 0 Å². The van der Waals surface area contributed by atoms with Gasteiger partial charge in [-0.15, -0.1) is 0 Å². The largest absolute Gasteiger partial charge is 0.444 e. The number of rotatable bonds is 7. The van der Waals surface area contributed by atoms with Gasteiger partial charge in [-0.2, -0.15) is 0 Å². The average molecular weight is 526 g/mol. The van der Waals surface area contributed by atoms with E-state index in [1.165, 1.54) is 30.3 Å². The van der Waals surface area contributed by atoms with Crippen LogP contribution in [0.25, 0.3) is 0 Å². The van der Waals surface area contributed by atoms with Gasteiger partial charge in [0.25, 0.3) is 11.6 Å². The lowest BCUT2D eigenvalue weighted by Crippen LogP contribution is -2.48. The zero-order valence-corrected chi connectivity index (χ0v) is 21.2. The van der Waals surface area contributed by atoms with E-state index in [0.717, 1.165) is 6.07 Å². The first-order valence-electron chi connectivity index (χ1n) is 10.4. The third-order valence-corrected chi connectivity index (χ3v) is 4.95. The highest BCUT2D eigenvalue weighted by Crippen LogP contribution is 2.29. The Hall–Kier alpha value is -3.37. The number of esters is 1. The van der Waals surface area contributed by atoms with Crippen LogP contribution in [0.3, 0.4) is 0 Å². The maximum Gasteiger partial charge on any atom is 0.408 e. The molecule has 0 unspecified atom stereocenters. The summed E-state index contributed by atoms with van der Waals surface area (Å²) in [5, 5.41) is 16.0. The van der Waals surface area contributed by atoms with Crippen LogP contribution in [0.4, 0.5) is 16.2 Å². The van der Waals surface area contributed by atoms with Crippen molar-refractivity contribution in [1.29, 1.82) is 0 Å². The lowest BCUT2D eigenvalue weighted by molar-refractivity contribution is -0.384. The maximum atomic E-state index is 12.9. The molecule has 2 N–H and O–H groups in total. The summed E-state index contributed by atoms with van der Waals surface area (Å²) >= 11 is 12.1. The topological polar surface area (TPSA) is 137 Å². The second kappa shape index (κ2) is 11.4. The monoisotopic (exact) mass is 525 g/mol. The third kappa shape index (κ3) is 8.11. The standard InChI is InChI=1S/C23H25Cl2N3O7/c1-12(2)19(27-22(31)35-23(3,4)5)21(30)34-18-9-6-13(24)10-15(18)20(29)26-17-8-7-14(28(32)33)11-16(17)25/h6-12,19H,1-5H3,(H,26,29)(H,27,31)/t19-/m0/s1.